The largest absolute Gasteiger partial charge is 0.508 e. The van der Waals surface area contributed by atoms with E-state index >= 15 is 0 Å². The van der Waals surface area contributed by atoms with E-state index in [2.05, 4.69) is 15.7 Å². The first-order valence-corrected chi connectivity index (χ1v) is 7.82. The molecule has 0 unspecified atom stereocenters. The van der Waals surface area contributed by atoms with Crippen molar-refractivity contribution in [2.75, 3.05) is 11.9 Å². The highest BCUT2D eigenvalue weighted by Crippen LogP contribution is 2.33. The molecule has 0 spiro atoms. The number of nitrogens with one attached hydrogen (secondary N) is 2. The number of nitrogens with zero attached hydrogens (tertiary/aromatic N) is 2. The molecule has 2 atom stereocenters. The lowest BCUT2D eigenvalue weighted by atomic mass is 9.97. The normalized spacial score (nSPS) is 19.8. The number of carbonyl (C=O) groups is 2. The highest BCUT2D eigenvalue weighted by molar-refractivity contribution is 5.97. The van der Waals surface area contributed by atoms with Gasteiger partial charge in [0.2, 0.25) is 11.8 Å². The average molecular weight is 386 g/mol. The third kappa shape index (κ3) is 3.71. The molecule has 11 heteroatoms. The Kier molecular flexibility index (Phi) is 4.54. The number of amides is 2. The van der Waals surface area contributed by atoms with E-state index in [1.54, 1.807) is 0 Å². The third-order valence-corrected chi connectivity index (χ3v) is 4.23. The van der Waals surface area contributed by atoms with Crippen LogP contribution >= 0.6 is 0 Å². The maximum absolute atomic E-state index is 13.5. The van der Waals surface area contributed by atoms with Crippen molar-refractivity contribution in [1.82, 2.24) is 15.1 Å². The van der Waals surface area contributed by atoms with E-state index in [0.29, 0.717) is 0 Å². The number of phenolic OH excluding ortho intramolecular Hbond substituents is 1. The summed E-state index contributed by atoms with van der Waals surface area (Å²) in [4.78, 5) is 23.7. The lowest BCUT2D eigenvalue weighted by Crippen LogP contribution is -2.28. The number of phenols is 1. The first-order valence-electron chi connectivity index (χ1n) is 7.82. The van der Waals surface area contributed by atoms with Crippen LogP contribution in [0.4, 0.5) is 23.4 Å². The molecule has 0 radical (unpaired) electrons. The maximum atomic E-state index is 13.5. The number of alkyl halides is 3. The van der Waals surface area contributed by atoms with Crippen LogP contribution in [0.3, 0.4) is 0 Å². The van der Waals surface area contributed by atoms with Crippen LogP contribution in [0.1, 0.15) is 6.92 Å². The minimum absolute atomic E-state index is 0.0659. The van der Waals surface area contributed by atoms with Gasteiger partial charge in [0.1, 0.15) is 11.6 Å². The average Bonchev–Trinajstić information content (AvgIpc) is 3.11. The minimum atomic E-state index is -4.95. The summed E-state index contributed by atoms with van der Waals surface area (Å²) in [5, 5.41) is 17.5. The van der Waals surface area contributed by atoms with Gasteiger partial charge in [0, 0.05) is 30.2 Å². The second-order valence-corrected chi connectivity index (χ2v) is 6.12. The number of hydrogen-bond acceptors (Lipinski definition) is 4. The van der Waals surface area contributed by atoms with E-state index in [0.717, 1.165) is 24.3 Å². The second kappa shape index (κ2) is 6.56. The van der Waals surface area contributed by atoms with Gasteiger partial charge in [0.15, 0.2) is 5.82 Å². The monoisotopic (exact) mass is 386 g/mol. The van der Waals surface area contributed by atoms with Crippen molar-refractivity contribution < 1.29 is 32.3 Å². The Morgan fingerprint density at radius 1 is 1.33 bits per heavy atom. The molecular formula is C16H14F4N4O3. The Labute approximate surface area is 150 Å². The standard InChI is InChI=1S/C16H14F4N4O3/c1-7-11(6-21-14(7)26)15(27)22-13-5-12(24(23-13)16(18,19)20)8-2-9(17)4-10(25)3-8/h2-5,7,11,25H,6H2,1H3,(H,21,26)(H,22,23,27)/t7-,11+/m1/s1. The summed E-state index contributed by atoms with van der Waals surface area (Å²) in [5.74, 6) is -4.29. The fourth-order valence-electron chi connectivity index (χ4n) is 2.83. The number of rotatable bonds is 3. The minimum Gasteiger partial charge on any atom is -0.508 e. The molecule has 0 aliphatic carbocycles. The number of anilines is 1. The van der Waals surface area contributed by atoms with Gasteiger partial charge < -0.3 is 15.7 Å². The summed E-state index contributed by atoms with van der Waals surface area (Å²) in [6.07, 6.45) is -4.95. The van der Waals surface area contributed by atoms with Crippen molar-refractivity contribution in [2.24, 2.45) is 11.8 Å². The number of aromatic hydroxyl groups is 1. The van der Waals surface area contributed by atoms with Crippen molar-refractivity contribution in [3.05, 3.63) is 30.1 Å². The molecule has 0 bridgehead atoms. The highest BCUT2D eigenvalue weighted by Gasteiger charge is 2.38. The number of benzene rings is 1. The first kappa shape index (κ1) is 18.7. The topological polar surface area (TPSA) is 96.3 Å². The van der Waals surface area contributed by atoms with Crippen molar-refractivity contribution in [3.8, 4) is 17.0 Å². The predicted molar refractivity (Wildman–Crippen MR) is 84.9 cm³/mol. The molecule has 1 aliphatic heterocycles. The van der Waals surface area contributed by atoms with E-state index in [4.69, 9.17) is 0 Å². The van der Waals surface area contributed by atoms with Gasteiger partial charge in [-0.05, 0) is 12.1 Å². The molecule has 2 heterocycles. The fraction of sp³-hybridized carbons (Fsp3) is 0.312. The summed E-state index contributed by atoms with van der Waals surface area (Å²) in [6, 6.07) is 3.39. The van der Waals surface area contributed by atoms with Crippen molar-refractivity contribution >= 4 is 17.6 Å². The molecule has 7 nitrogen and oxygen atoms in total. The quantitative estimate of drug-likeness (QED) is 0.705. The summed E-state index contributed by atoms with van der Waals surface area (Å²) in [7, 11) is 0. The zero-order valence-corrected chi connectivity index (χ0v) is 13.8. The molecule has 1 saturated heterocycles. The van der Waals surface area contributed by atoms with Crippen LogP contribution in [0, 0.1) is 17.7 Å². The molecule has 3 rings (SSSR count). The SMILES string of the molecule is C[C@H]1C(=O)NC[C@@H]1C(=O)Nc1cc(-c2cc(O)cc(F)c2)n(C(F)(F)F)n1. The van der Waals surface area contributed by atoms with Crippen LogP contribution in [0.25, 0.3) is 11.3 Å². The van der Waals surface area contributed by atoms with Crippen molar-refractivity contribution in [2.45, 2.75) is 13.2 Å². The van der Waals surface area contributed by atoms with Gasteiger partial charge in [-0.3, -0.25) is 9.59 Å². The molecule has 1 fully saturated rings. The van der Waals surface area contributed by atoms with Crippen LogP contribution < -0.4 is 10.6 Å². The number of aromatic nitrogens is 2. The van der Waals surface area contributed by atoms with Crippen molar-refractivity contribution in [3.63, 3.8) is 0 Å². The van der Waals surface area contributed by atoms with Crippen LogP contribution in [-0.2, 0) is 15.9 Å². The van der Waals surface area contributed by atoms with Gasteiger partial charge >= 0.3 is 6.30 Å². The van der Waals surface area contributed by atoms with E-state index in [-0.39, 0.29) is 22.7 Å². The first-order chi connectivity index (χ1) is 12.6. The zero-order valence-electron chi connectivity index (χ0n) is 13.8. The smallest absolute Gasteiger partial charge is 0.505 e. The van der Waals surface area contributed by atoms with Crippen LogP contribution in [0.15, 0.2) is 24.3 Å². The van der Waals surface area contributed by atoms with Crippen LogP contribution in [0.5, 0.6) is 5.75 Å². The molecule has 1 aromatic carbocycles. The van der Waals surface area contributed by atoms with Gasteiger partial charge in [0.25, 0.3) is 0 Å². The molecule has 3 N–H and O–H groups in total. The Morgan fingerprint density at radius 3 is 2.59 bits per heavy atom. The fourth-order valence-corrected chi connectivity index (χ4v) is 2.83. The molecule has 1 aliphatic rings. The number of carbonyl (C=O) groups excluding carboxylic acids is 2. The zero-order chi connectivity index (χ0) is 19.9. The van der Waals surface area contributed by atoms with E-state index in [1.807, 2.05) is 0 Å². The van der Waals surface area contributed by atoms with Gasteiger partial charge in [0.05, 0.1) is 11.6 Å². The van der Waals surface area contributed by atoms with E-state index in [9.17, 15) is 32.3 Å². The summed E-state index contributed by atoms with van der Waals surface area (Å²) < 4.78 is 53.0. The van der Waals surface area contributed by atoms with Gasteiger partial charge in [-0.25, -0.2) is 4.39 Å². The van der Waals surface area contributed by atoms with Crippen LogP contribution in [-0.4, -0.2) is 33.2 Å². The second-order valence-electron chi connectivity index (χ2n) is 6.12. The van der Waals surface area contributed by atoms with Crippen molar-refractivity contribution in [1.29, 1.82) is 0 Å². The number of halogens is 4. The Morgan fingerprint density at radius 2 is 2.04 bits per heavy atom. The van der Waals surface area contributed by atoms with Crippen LogP contribution in [0.2, 0.25) is 0 Å². The summed E-state index contributed by atoms with van der Waals surface area (Å²) in [6.45, 7) is 1.60. The Balaban J connectivity index is 1.95. The van der Waals surface area contributed by atoms with Gasteiger partial charge in [-0.1, -0.05) is 6.92 Å². The predicted octanol–water partition coefficient (Wildman–Crippen LogP) is 2.19. The van der Waals surface area contributed by atoms with Gasteiger partial charge in [-0.2, -0.15) is 4.68 Å². The third-order valence-electron chi connectivity index (χ3n) is 4.23. The molecular weight excluding hydrogens is 372 g/mol. The summed E-state index contributed by atoms with van der Waals surface area (Å²) in [5.41, 5.74) is -0.842. The molecule has 27 heavy (non-hydrogen) atoms. The highest BCUT2D eigenvalue weighted by atomic mass is 19.4. The Bertz CT molecular complexity index is 889. The molecule has 0 saturated carbocycles. The Hall–Kier alpha value is -3.11. The lowest BCUT2D eigenvalue weighted by molar-refractivity contribution is -0.210. The molecule has 2 amide bonds. The maximum Gasteiger partial charge on any atom is 0.505 e. The number of hydrogen-bond donors (Lipinski definition) is 3. The molecule has 1 aromatic heterocycles. The van der Waals surface area contributed by atoms with Gasteiger partial charge in [-0.15, -0.1) is 18.3 Å². The summed E-state index contributed by atoms with van der Waals surface area (Å²) >= 11 is 0. The molecule has 144 valence electrons. The lowest BCUT2D eigenvalue weighted by Gasteiger charge is -2.11. The van der Waals surface area contributed by atoms with E-state index < -0.39 is 47.1 Å². The van der Waals surface area contributed by atoms with E-state index in [1.165, 1.54) is 6.92 Å². The molecule has 2 aromatic rings.